The lowest BCUT2D eigenvalue weighted by atomic mass is 10.2. The van der Waals surface area contributed by atoms with Gasteiger partial charge in [0.2, 0.25) is 5.91 Å². The summed E-state index contributed by atoms with van der Waals surface area (Å²) in [5, 5.41) is 3.18. The van der Waals surface area contributed by atoms with E-state index in [1.807, 2.05) is 6.92 Å². The number of aryl methyl sites for hydroxylation is 1. The zero-order valence-corrected chi connectivity index (χ0v) is 14.3. The number of H-pyrrole nitrogens is 3. The zero-order chi connectivity index (χ0) is 17.8. The normalized spacial score (nSPS) is 10.9. The molecule has 0 unspecified atom stereocenters. The first kappa shape index (κ1) is 17.0. The van der Waals surface area contributed by atoms with Gasteiger partial charge < -0.3 is 20.3 Å². The molecule has 25 heavy (non-hydrogen) atoms. The highest BCUT2D eigenvalue weighted by atomic mass is 32.2. The van der Waals surface area contributed by atoms with Gasteiger partial charge in [0.05, 0.1) is 16.8 Å². The summed E-state index contributed by atoms with van der Waals surface area (Å²) in [4.78, 5) is 47.2. The number of amides is 1. The van der Waals surface area contributed by atoms with Crippen LogP contribution in [0.1, 0.15) is 19.0 Å². The monoisotopic (exact) mass is 359 g/mol. The SMILES string of the molecule is CCCc1cc(=O)[nH]c(SCC(=O)Nc2ccc3[nH]c(=O)[nH]c3c2)n1. The molecule has 8 nitrogen and oxygen atoms in total. The third kappa shape index (κ3) is 4.38. The molecule has 2 heterocycles. The Kier molecular flexibility index (Phi) is 5.03. The summed E-state index contributed by atoms with van der Waals surface area (Å²) in [5.41, 5.74) is 2.07. The molecule has 1 aromatic carbocycles. The molecule has 3 rings (SSSR count). The van der Waals surface area contributed by atoms with Gasteiger partial charge in [-0.15, -0.1) is 0 Å². The van der Waals surface area contributed by atoms with E-state index in [-0.39, 0.29) is 22.9 Å². The minimum Gasteiger partial charge on any atom is -0.325 e. The van der Waals surface area contributed by atoms with E-state index < -0.39 is 0 Å². The van der Waals surface area contributed by atoms with Crippen molar-refractivity contribution >= 4 is 34.4 Å². The maximum absolute atomic E-state index is 12.1. The highest BCUT2D eigenvalue weighted by Crippen LogP contribution is 2.16. The van der Waals surface area contributed by atoms with E-state index in [1.165, 1.54) is 17.8 Å². The number of aromatic nitrogens is 4. The first-order valence-corrected chi connectivity index (χ1v) is 8.77. The number of thioether (sulfide) groups is 1. The van der Waals surface area contributed by atoms with Gasteiger partial charge in [0, 0.05) is 17.4 Å². The van der Waals surface area contributed by atoms with Crippen LogP contribution in [0.25, 0.3) is 11.0 Å². The minimum absolute atomic E-state index is 0.111. The highest BCUT2D eigenvalue weighted by molar-refractivity contribution is 7.99. The first-order valence-electron chi connectivity index (χ1n) is 7.78. The third-order valence-electron chi connectivity index (χ3n) is 3.42. The number of aromatic amines is 3. The van der Waals surface area contributed by atoms with Crippen LogP contribution in [0.5, 0.6) is 0 Å². The Morgan fingerprint density at radius 2 is 1.96 bits per heavy atom. The van der Waals surface area contributed by atoms with Gasteiger partial charge in [0.1, 0.15) is 0 Å². The van der Waals surface area contributed by atoms with Gasteiger partial charge in [-0.25, -0.2) is 9.78 Å². The molecule has 0 spiro atoms. The van der Waals surface area contributed by atoms with Crippen LogP contribution in [0.15, 0.2) is 39.0 Å². The molecule has 2 aromatic heterocycles. The predicted octanol–water partition coefficient (Wildman–Crippen LogP) is 1.62. The van der Waals surface area contributed by atoms with E-state index in [4.69, 9.17) is 0 Å². The van der Waals surface area contributed by atoms with Crippen LogP contribution in [0, 0.1) is 0 Å². The number of imidazole rings is 1. The number of nitrogens with zero attached hydrogens (tertiary/aromatic N) is 1. The van der Waals surface area contributed by atoms with Gasteiger partial charge in [0.15, 0.2) is 5.16 Å². The smallest absolute Gasteiger partial charge is 0.323 e. The standard InChI is InChI=1S/C16H17N5O3S/c1-2-3-9-7-13(22)21-16(18-9)25-8-14(23)17-10-4-5-11-12(6-10)20-15(24)19-11/h4-7H,2-3,8H2,1H3,(H,17,23)(H,18,21,22)(H2,19,20,24). The number of hydrogen-bond acceptors (Lipinski definition) is 5. The molecule has 0 fully saturated rings. The summed E-state index contributed by atoms with van der Waals surface area (Å²) in [6.45, 7) is 2.01. The molecule has 0 aliphatic heterocycles. The number of carbonyl (C=O) groups is 1. The Bertz CT molecular complexity index is 1020. The van der Waals surface area contributed by atoms with E-state index in [0.29, 0.717) is 21.9 Å². The maximum atomic E-state index is 12.1. The van der Waals surface area contributed by atoms with Crippen molar-refractivity contribution in [2.75, 3.05) is 11.1 Å². The minimum atomic E-state index is -0.295. The zero-order valence-electron chi connectivity index (χ0n) is 13.5. The molecule has 9 heteroatoms. The molecule has 130 valence electrons. The average molecular weight is 359 g/mol. The molecule has 3 aromatic rings. The van der Waals surface area contributed by atoms with Crippen molar-refractivity contribution in [1.82, 2.24) is 19.9 Å². The Hall–Kier alpha value is -2.81. The summed E-state index contributed by atoms with van der Waals surface area (Å²) >= 11 is 1.17. The molecular formula is C16H17N5O3S. The fourth-order valence-corrected chi connectivity index (χ4v) is 3.07. The van der Waals surface area contributed by atoms with Crippen LogP contribution >= 0.6 is 11.8 Å². The molecule has 0 radical (unpaired) electrons. The first-order chi connectivity index (χ1) is 12.0. The second-order valence-corrected chi connectivity index (χ2v) is 6.43. The molecule has 0 saturated heterocycles. The quantitative estimate of drug-likeness (QED) is 0.393. The van der Waals surface area contributed by atoms with Gasteiger partial charge in [-0.1, -0.05) is 25.1 Å². The Balaban J connectivity index is 1.64. The summed E-state index contributed by atoms with van der Waals surface area (Å²) in [5.74, 6) is -0.119. The summed E-state index contributed by atoms with van der Waals surface area (Å²) in [7, 11) is 0. The molecule has 1 amide bonds. The van der Waals surface area contributed by atoms with Crippen molar-refractivity contribution in [3.63, 3.8) is 0 Å². The number of nitrogens with one attached hydrogen (secondary N) is 4. The van der Waals surface area contributed by atoms with E-state index in [2.05, 4.69) is 25.3 Å². The number of fused-ring (bicyclic) bond motifs is 1. The van der Waals surface area contributed by atoms with Gasteiger partial charge in [0.25, 0.3) is 5.56 Å². The average Bonchev–Trinajstić information content (AvgIpc) is 2.92. The lowest BCUT2D eigenvalue weighted by Crippen LogP contribution is -2.15. The van der Waals surface area contributed by atoms with E-state index in [9.17, 15) is 14.4 Å². The second kappa shape index (κ2) is 7.39. The van der Waals surface area contributed by atoms with Crippen LogP contribution in [-0.2, 0) is 11.2 Å². The summed E-state index contributed by atoms with van der Waals surface area (Å²) < 4.78 is 0. The lowest BCUT2D eigenvalue weighted by Gasteiger charge is -2.06. The number of benzene rings is 1. The van der Waals surface area contributed by atoms with Crippen molar-refractivity contribution in [2.45, 2.75) is 24.9 Å². The van der Waals surface area contributed by atoms with Crippen molar-refractivity contribution < 1.29 is 4.79 Å². The fourth-order valence-electron chi connectivity index (χ4n) is 2.38. The van der Waals surface area contributed by atoms with Crippen molar-refractivity contribution in [3.8, 4) is 0 Å². The highest BCUT2D eigenvalue weighted by Gasteiger charge is 2.08. The fraction of sp³-hybridized carbons (Fsp3) is 0.250. The summed E-state index contributed by atoms with van der Waals surface area (Å²) in [6.07, 6.45) is 1.61. The van der Waals surface area contributed by atoms with Gasteiger partial charge >= 0.3 is 5.69 Å². The topological polar surface area (TPSA) is 123 Å². The Morgan fingerprint density at radius 3 is 2.76 bits per heavy atom. The van der Waals surface area contributed by atoms with Gasteiger partial charge in [-0.3, -0.25) is 9.59 Å². The maximum Gasteiger partial charge on any atom is 0.323 e. The number of carbonyl (C=O) groups excluding carboxylic acids is 1. The van der Waals surface area contributed by atoms with Crippen molar-refractivity contribution in [3.05, 3.63) is 50.8 Å². The van der Waals surface area contributed by atoms with E-state index in [1.54, 1.807) is 18.2 Å². The van der Waals surface area contributed by atoms with Gasteiger partial charge in [-0.05, 0) is 24.6 Å². The van der Waals surface area contributed by atoms with Crippen molar-refractivity contribution in [1.29, 1.82) is 0 Å². The second-order valence-electron chi connectivity index (χ2n) is 5.47. The lowest BCUT2D eigenvalue weighted by molar-refractivity contribution is -0.113. The number of rotatable bonds is 6. The van der Waals surface area contributed by atoms with Gasteiger partial charge in [-0.2, -0.15) is 0 Å². The van der Waals surface area contributed by atoms with Crippen LogP contribution < -0.4 is 16.6 Å². The van der Waals surface area contributed by atoms with Crippen molar-refractivity contribution in [2.24, 2.45) is 0 Å². The van der Waals surface area contributed by atoms with Crippen LogP contribution in [0.3, 0.4) is 0 Å². The van der Waals surface area contributed by atoms with Crippen LogP contribution in [-0.4, -0.2) is 31.6 Å². The number of hydrogen-bond donors (Lipinski definition) is 4. The molecule has 0 atom stereocenters. The molecule has 0 aliphatic rings. The molecule has 0 saturated carbocycles. The van der Waals surface area contributed by atoms with E-state index >= 15 is 0 Å². The molecular weight excluding hydrogens is 342 g/mol. The summed E-state index contributed by atoms with van der Waals surface area (Å²) in [6, 6.07) is 6.57. The largest absolute Gasteiger partial charge is 0.325 e. The predicted molar refractivity (Wildman–Crippen MR) is 97.1 cm³/mol. The third-order valence-corrected chi connectivity index (χ3v) is 4.29. The van der Waals surface area contributed by atoms with E-state index in [0.717, 1.165) is 18.5 Å². The molecule has 0 bridgehead atoms. The number of anilines is 1. The Labute approximate surface area is 146 Å². The molecule has 0 aliphatic carbocycles. The van der Waals surface area contributed by atoms with Crippen LogP contribution in [0.4, 0.5) is 5.69 Å². The van der Waals surface area contributed by atoms with Crippen LogP contribution in [0.2, 0.25) is 0 Å². The molecule has 4 N–H and O–H groups in total. The Morgan fingerprint density at radius 1 is 1.16 bits per heavy atom.